The molecule has 0 radical (unpaired) electrons. The lowest BCUT2D eigenvalue weighted by atomic mass is 10.9. The van der Waals surface area contributed by atoms with Gasteiger partial charge in [-0.3, -0.25) is 0 Å². The lowest BCUT2D eigenvalue weighted by molar-refractivity contribution is 1.14. The van der Waals surface area contributed by atoms with Gasteiger partial charge in [-0.2, -0.15) is 0 Å². The minimum absolute atomic E-state index is 0.0201. The second-order valence-corrected chi connectivity index (χ2v) is 20.6. The van der Waals surface area contributed by atoms with Gasteiger partial charge in [0.1, 0.15) is 0 Å². The van der Waals surface area contributed by atoms with Gasteiger partial charge in [-0.05, 0) is 0 Å². The predicted octanol–water partition coefficient (Wildman–Crippen LogP) is -1.82. The Morgan fingerprint density at radius 3 is 1.38 bits per heavy atom. The summed E-state index contributed by atoms with van der Waals surface area (Å²) >= 11 is 0. The zero-order chi connectivity index (χ0) is 6.31. The van der Waals surface area contributed by atoms with Gasteiger partial charge >= 0.3 is 0 Å². The quantitative estimate of drug-likeness (QED) is 0.381. The van der Waals surface area contributed by atoms with Gasteiger partial charge in [0.25, 0.3) is 0 Å². The van der Waals surface area contributed by atoms with Gasteiger partial charge in [0.15, 0.2) is 0 Å². The molecule has 0 amide bonds. The summed E-state index contributed by atoms with van der Waals surface area (Å²) in [6.45, 7) is 5.23. The summed E-state index contributed by atoms with van der Waals surface area (Å²) < 4.78 is 0. The van der Waals surface area contributed by atoms with Crippen LogP contribution in [0.2, 0.25) is 23.4 Å². The molecular formula is C4H16Si4. The maximum Gasteiger partial charge on any atom is 0.0240 e. The molecule has 4 atom stereocenters. The van der Waals surface area contributed by atoms with Crippen molar-refractivity contribution in [3.05, 3.63) is 0 Å². The Morgan fingerprint density at radius 2 is 1.25 bits per heavy atom. The molecule has 48 valence electrons. The second-order valence-electron chi connectivity index (χ2n) is 3.44. The molecule has 0 nitrogen and oxygen atoms in total. The number of hydrogen-bond donors (Lipinski definition) is 0. The van der Waals surface area contributed by atoms with E-state index in [1.165, 1.54) is 10.3 Å². The van der Waals surface area contributed by atoms with E-state index in [-0.39, 0.29) is 16.6 Å². The first-order valence-corrected chi connectivity index (χ1v) is 12.3. The molecule has 0 aromatic rings. The lowest BCUT2D eigenvalue weighted by Crippen LogP contribution is -2.53. The number of hydrogen-bond acceptors (Lipinski definition) is 0. The van der Waals surface area contributed by atoms with E-state index in [1.54, 1.807) is 20.5 Å². The zero-order valence-corrected chi connectivity index (χ0v) is 12.6. The van der Waals surface area contributed by atoms with E-state index in [4.69, 9.17) is 0 Å². The molecule has 1 aliphatic heterocycles. The normalized spacial score (nSPS) is 56.2. The molecule has 0 spiro atoms. The highest BCUT2D eigenvalue weighted by molar-refractivity contribution is 7.31. The van der Waals surface area contributed by atoms with Crippen molar-refractivity contribution in [3.63, 3.8) is 0 Å². The lowest BCUT2D eigenvalue weighted by Gasteiger charge is -2.44. The summed E-state index contributed by atoms with van der Waals surface area (Å²) in [7, 11) is 3.13. The van der Waals surface area contributed by atoms with Crippen LogP contribution in [-0.4, -0.2) is 37.1 Å². The number of rotatable bonds is 0. The van der Waals surface area contributed by atoms with Crippen LogP contribution < -0.4 is 0 Å². The largest absolute Gasteiger partial charge is 0.0741 e. The van der Waals surface area contributed by atoms with Gasteiger partial charge < -0.3 is 0 Å². The monoisotopic (exact) mass is 176 g/mol. The first-order chi connectivity index (χ1) is 3.64. The van der Waals surface area contributed by atoms with Crippen LogP contribution in [0, 0.1) is 0 Å². The van der Waals surface area contributed by atoms with Gasteiger partial charge in [0, 0.05) is 37.1 Å². The molecule has 4 unspecified atom stereocenters. The van der Waals surface area contributed by atoms with Crippen LogP contribution in [0.25, 0.3) is 0 Å². The van der Waals surface area contributed by atoms with Crippen molar-refractivity contribution >= 4 is 37.1 Å². The van der Waals surface area contributed by atoms with E-state index in [9.17, 15) is 0 Å². The molecule has 8 heavy (non-hydrogen) atoms. The van der Waals surface area contributed by atoms with Crippen LogP contribution in [0.3, 0.4) is 0 Å². The zero-order valence-electron chi connectivity index (χ0n) is 6.31. The summed E-state index contributed by atoms with van der Waals surface area (Å²) in [6.07, 6.45) is 0. The highest BCUT2D eigenvalue weighted by Gasteiger charge is 2.40. The van der Waals surface area contributed by atoms with E-state index in [0.717, 1.165) is 0 Å². The van der Waals surface area contributed by atoms with Crippen LogP contribution in [0.5, 0.6) is 0 Å². The molecule has 0 saturated carbocycles. The molecule has 4 heteroatoms. The van der Waals surface area contributed by atoms with Gasteiger partial charge in [0.2, 0.25) is 0 Å². The van der Waals surface area contributed by atoms with Crippen molar-refractivity contribution in [3.8, 4) is 0 Å². The Hall–Kier alpha value is 0.868. The molecule has 1 aliphatic rings. The van der Waals surface area contributed by atoms with Crippen LogP contribution in [0.15, 0.2) is 0 Å². The van der Waals surface area contributed by atoms with Crippen molar-refractivity contribution in [1.82, 2.24) is 0 Å². The minimum atomic E-state index is 0.0201. The molecule has 0 N–H and O–H groups in total. The molecule has 0 bridgehead atoms. The van der Waals surface area contributed by atoms with E-state index < -0.39 is 0 Å². The highest BCUT2D eigenvalue weighted by atomic mass is 29.2. The summed E-state index contributed by atoms with van der Waals surface area (Å²) in [6, 6.07) is 0. The fourth-order valence-corrected chi connectivity index (χ4v) is 30.9. The Labute approximate surface area is 60.9 Å². The summed E-state index contributed by atoms with van der Waals surface area (Å²) in [4.78, 5) is 0. The van der Waals surface area contributed by atoms with Crippen molar-refractivity contribution in [2.45, 2.75) is 23.4 Å². The van der Waals surface area contributed by atoms with E-state index in [1.807, 2.05) is 0 Å². The van der Waals surface area contributed by atoms with Crippen molar-refractivity contribution in [2.24, 2.45) is 0 Å². The summed E-state index contributed by atoms with van der Waals surface area (Å²) in [5, 5.41) is 2.76. The molecular weight excluding hydrogens is 160 g/mol. The Bertz CT molecular complexity index is 62.0. The second kappa shape index (κ2) is 2.24. The van der Waals surface area contributed by atoms with Gasteiger partial charge in [0.05, 0.1) is 0 Å². The van der Waals surface area contributed by atoms with E-state index in [2.05, 4.69) is 13.1 Å². The molecule has 0 aromatic carbocycles. The smallest absolute Gasteiger partial charge is 0.0240 e. The first-order valence-electron chi connectivity index (χ1n) is 3.64. The third kappa shape index (κ3) is 0.831. The fourth-order valence-electron chi connectivity index (χ4n) is 1.77. The SMILES string of the molecule is C[SiH]1C([SiH3])C([SiH3])[SiH]1C. The molecule has 1 fully saturated rings. The average Bonchev–Trinajstić information content (AvgIpc) is 1.83. The van der Waals surface area contributed by atoms with Crippen LogP contribution in [0.4, 0.5) is 0 Å². The summed E-state index contributed by atoms with van der Waals surface area (Å²) in [5.41, 5.74) is 0. The van der Waals surface area contributed by atoms with Crippen molar-refractivity contribution in [1.29, 1.82) is 0 Å². The van der Waals surface area contributed by atoms with Crippen molar-refractivity contribution in [2.75, 3.05) is 0 Å². The van der Waals surface area contributed by atoms with E-state index in [0.29, 0.717) is 0 Å². The summed E-state index contributed by atoms with van der Waals surface area (Å²) in [5.74, 6) is 0. The third-order valence-corrected chi connectivity index (χ3v) is 34.5. The van der Waals surface area contributed by atoms with Gasteiger partial charge in [-0.15, -0.1) is 0 Å². The third-order valence-electron chi connectivity index (χ3n) is 3.32. The van der Waals surface area contributed by atoms with E-state index >= 15 is 0 Å². The first kappa shape index (κ1) is 6.98. The molecule has 1 saturated heterocycles. The Kier molecular flexibility index (Phi) is 1.96. The standard InChI is InChI=1S/C4H16Si4/c1-7-3(5)4(6)8(7)2/h3-4,7-8H,1-2,5-6H3. The maximum absolute atomic E-state index is 2.61. The Morgan fingerprint density at radius 1 is 1.00 bits per heavy atom. The molecule has 0 aliphatic carbocycles. The average molecular weight is 177 g/mol. The fraction of sp³-hybridized carbons (Fsp3) is 1.00. The van der Waals surface area contributed by atoms with Crippen LogP contribution in [0.1, 0.15) is 0 Å². The van der Waals surface area contributed by atoms with Gasteiger partial charge in [-0.1, -0.05) is 23.4 Å². The van der Waals surface area contributed by atoms with Gasteiger partial charge in [-0.25, -0.2) is 0 Å². The predicted molar refractivity (Wildman–Crippen MR) is 53.4 cm³/mol. The Balaban J connectivity index is 2.42. The van der Waals surface area contributed by atoms with Crippen molar-refractivity contribution < 1.29 is 0 Å². The maximum atomic E-state index is 2.61. The van der Waals surface area contributed by atoms with Crippen LogP contribution >= 0.6 is 0 Å². The highest BCUT2D eigenvalue weighted by Crippen LogP contribution is 2.37. The minimum Gasteiger partial charge on any atom is -0.0741 e. The topological polar surface area (TPSA) is 0 Å². The molecule has 1 rings (SSSR count). The molecule has 1 heterocycles. The molecule has 0 aromatic heterocycles. The van der Waals surface area contributed by atoms with Crippen LogP contribution in [-0.2, 0) is 0 Å².